The first-order chi connectivity index (χ1) is 17.2. The van der Waals surface area contributed by atoms with Gasteiger partial charge >= 0.3 is 5.97 Å². The molecule has 8 heteroatoms. The monoisotopic (exact) mass is 512 g/mol. The van der Waals surface area contributed by atoms with Gasteiger partial charge in [-0.3, -0.25) is 14.3 Å². The number of benzene rings is 2. The second-order valence-corrected chi connectivity index (χ2v) is 12.1. The highest BCUT2D eigenvalue weighted by Gasteiger charge is 2.29. The van der Waals surface area contributed by atoms with Gasteiger partial charge in [0.05, 0.1) is 10.9 Å². The van der Waals surface area contributed by atoms with Crippen LogP contribution in [0.2, 0.25) is 0 Å². The van der Waals surface area contributed by atoms with Crippen molar-refractivity contribution in [1.82, 2.24) is 4.90 Å². The number of carboxylic acids is 1. The van der Waals surface area contributed by atoms with E-state index < -0.39 is 16.0 Å². The van der Waals surface area contributed by atoms with E-state index >= 15 is 0 Å². The summed E-state index contributed by atoms with van der Waals surface area (Å²) in [6.07, 6.45) is 6.70. The molecule has 194 valence electrons. The Morgan fingerprint density at radius 1 is 0.972 bits per heavy atom. The van der Waals surface area contributed by atoms with Crippen molar-refractivity contribution in [1.29, 1.82) is 0 Å². The van der Waals surface area contributed by atoms with Crippen LogP contribution in [0, 0.1) is 6.92 Å². The maximum atomic E-state index is 13.2. The molecule has 1 heterocycles. The molecule has 0 atom stereocenters. The summed E-state index contributed by atoms with van der Waals surface area (Å²) in [6, 6.07) is 13.4. The molecular weight excluding hydrogens is 476 g/mol. The number of amides is 1. The molecule has 2 aliphatic rings. The van der Waals surface area contributed by atoms with Gasteiger partial charge < -0.3 is 10.0 Å². The number of anilines is 1. The van der Waals surface area contributed by atoms with Crippen LogP contribution in [0.4, 0.5) is 5.69 Å². The minimum absolute atomic E-state index is 0.0735. The number of hydrogen-bond acceptors (Lipinski definition) is 4. The molecule has 1 aliphatic carbocycles. The minimum Gasteiger partial charge on any atom is -0.481 e. The lowest BCUT2D eigenvalue weighted by Gasteiger charge is -2.32. The molecule has 0 aromatic heterocycles. The molecule has 1 aliphatic heterocycles. The lowest BCUT2D eigenvalue weighted by atomic mass is 9.88. The van der Waals surface area contributed by atoms with Gasteiger partial charge in [-0.25, -0.2) is 8.42 Å². The Morgan fingerprint density at radius 2 is 1.64 bits per heavy atom. The third-order valence-corrected chi connectivity index (χ3v) is 9.44. The Kier molecular flexibility index (Phi) is 8.34. The maximum Gasteiger partial charge on any atom is 0.303 e. The van der Waals surface area contributed by atoms with Gasteiger partial charge in [0.25, 0.3) is 5.91 Å². The number of carbonyl (C=O) groups is 2. The number of nitrogens with one attached hydrogen (secondary N) is 1. The van der Waals surface area contributed by atoms with E-state index in [-0.39, 0.29) is 17.6 Å². The standard InChI is InChI=1S/C28H36N2O5S/c1-20-7-11-24(19-26(20)29-36(34,35)25-5-3-2-4-6-25)28(33)30-17-15-23(16-18-30)22-12-8-21(9-13-22)10-14-27(31)32/h7-9,11-13,19,23,25,29H,2-6,10,14-18H2,1H3,(H,31,32). The van der Waals surface area contributed by atoms with Crippen LogP contribution in [0.15, 0.2) is 42.5 Å². The molecule has 0 bridgehead atoms. The summed E-state index contributed by atoms with van der Waals surface area (Å²) in [4.78, 5) is 25.9. The molecular formula is C28H36N2O5S. The Hall–Kier alpha value is -2.87. The number of piperidine rings is 1. The Bertz CT molecular complexity index is 1180. The first-order valence-electron chi connectivity index (χ1n) is 12.9. The van der Waals surface area contributed by atoms with Crippen molar-refractivity contribution >= 4 is 27.6 Å². The van der Waals surface area contributed by atoms with Crippen molar-refractivity contribution in [3.63, 3.8) is 0 Å². The first kappa shape index (κ1) is 26.2. The van der Waals surface area contributed by atoms with Crippen LogP contribution >= 0.6 is 0 Å². The Morgan fingerprint density at radius 3 is 2.28 bits per heavy atom. The minimum atomic E-state index is -3.48. The average Bonchev–Trinajstić information content (AvgIpc) is 2.89. The highest BCUT2D eigenvalue weighted by Crippen LogP contribution is 2.30. The molecule has 2 aromatic rings. The van der Waals surface area contributed by atoms with E-state index in [1.165, 1.54) is 5.56 Å². The van der Waals surface area contributed by atoms with Crippen LogP contribution < -0.4 is 4.72 Å². The van der Waals surface area contributed by atoms with Gasteiger partial charge in [-0.2, -0.15) is 0 Å². The second-order valence-electron chi connectivity index (χ2n) is 10.1. The van der Waals surface area contributed by atoms with Gasteiger partial charge in [-0.1, -0.05) is 49.6 Å². The lowest BCUT2D eigenvalue weighted by molar-refractivity contribution is -0.136. The van der Waals surface area contributed by atoms with E-state index in [1.807, 2.05) is 30.0 Å². The third kappa shape index (κ3) is 6.46. The molecule has 2 fully saturated rings. The van der Waals surface area contributed by atoms with E-state index in [2.05, 4.69) is 16.9 Å². The zero-order chi connectivity index (χ0) is 25.7. The van der Waals surface area contributed by atoms with E-state index in [9.17, 15) is 18.0 Å². The number of hydrogen-bond donors (Lipinski definition) is 2. The molecule has 0 unspecified atom stereocenters. The normalized spacial score (nSPS) is 17.6. The smallest absolute Gasteiger partial charge is 0.303 e. The van der Waals surface area contributed by atoms with Crippen LogP contribution in [-0.4, -0.2) is 48.6 Å². The number of sulfonamides is 1. The summed E-state index contributed by atoms with van der Waals surface area (Å²) in [5.41, 5.74) is 4.03. The van der Waals surface area contributed by atoms with Crippen molar-refractivity contribution in [3.8, 4) is 0 Å². The predicted octanol–water partition coefficient (Wildman–Crippen LogP) is 5.11. The molecule has 2 aromatic carbocycles. The van der Waals surface area contributed by atoms with Crippen LogP contribution in [0.25, 0.3) is 0 Å². The fourth-order valence-electron chi connectivity index (χ4n) is 5.28. The van der Waals surface area contributed by atoms with E-state index in [0.29, 0.717) is 49.5 Å². The molecule has 0 spiro atoms. The zero-order valence-corrected chi connectivity index (χ0v) is 21.7. The quantitative estimate of drug-likeness (QED) is 0.512. The fourth-order valence-corrected chi connectivity index (χ4v) is 6.93. The molecule has 7 nitrogen and oxygen atoms in total. The number of rotatable bonds is 8. The Balaban J connectivity index is 1.36. The van der Waals surface area contributed by atoms with Crippen molar-refractivity contribution in [2.24, 2.45) is 0 Å². The predicted molar refractivity (Wildman–Crippen MR) is 141 cm³/mol. The number of carbonyl (C=O) groups excluding carboxylic acids is 1. The topological polar surface area (TPSA) is 104 Å². The van der Waals surface area contributed by atoms with E-state index in [1.54, 1.807) is 12.1 Å². The number of carboxylic acid groups (broad SMARTS) is 1. The van der Waals surface area contributed by atoms with Gasteiger partial charge in [0, 0.05) is 25.1 Å². The zero-order valence-electron chi connectivity index (χ0n) is 20.9. The summed E-state index contributed by atoms with van der Waals surface area (Å²) in [5.74, 6) is -0.507. The first-order valence-corrected chi connectivity index (χ1v) is 14.5. The SMILES string of the molecule is Cc1ccc(C(=O)N2CCC(c3ccc(CCC(=O)O)cc3)CC2)cc1NS(=O)(=O)C1CCCCC1. The molecule has 1 saturated heterocycles. The van der Waals surface area contributed by atoms with Crippen molar-refractivity contribution in [3.05, 3.63) is 64.7 Å². The second kappa shape index (κ2) is 11.5. The Labute approximate surface area is 214 Å². The summed E-state index contributed by atoms with van der Waals surface area (Å²) in [5, 5.41) is 8.49. The molecule has 4 rings (SSSR count). The summed E-state index contributed by atoms with van der Waals surface area (Å²) in [7, 11) is -3.48. The summed E-state index contributed by atoms with van der Waals surface area (Å²) < 4.78 is 28.6. The van der Waals surface area contributed by atoms with Crippen LogP contribution in [0.5, 0.6) is 0 Å². The van der Waals surface area contributed by atoms with Gasteiger partial charge in [0.1, 0.15) is 0 Å². The average molecular weight is 513 g/mol. The largest absolute Gasteiger partial charge is 0.481 e. The van der Waals surface area contributed by atoms with Crippen molar-refractivity contribution in [2.75, 3.05) is 17.8 Å². The number of aryl methyl sites for hydroxylation is 2. The summed E-state index contributed by atoms with van der Waals surface area (Å²) in [6.45, 7) is 3.13. The van der Waals surface area contributed by atoms with Gasteiger partial charge in [-0.05, 0) is 73.8 Å². The van der Waals surface area contributed by atoms with E-state index in [4.69, 9.17) is 5.11 Å². The molecule has 1 amide bonds. The molecule has 36 heavy (non-hydrogen) atoms. The lowest BCUT2D eigenvalue weighted by Crippen LogP contribution is -2.38. The number of aliphatic carboxylic acids is 1. The van der Waals surface area contributed by atoms with Gasteiger partial charge in [0.15, 0.2) is 0 Å². The van der Waals surface area contributed by atoms with Gasteiger partial charge in [0.2, 0.25) is 10.0 Å². The fraction of sp³-hybridized carbons (Fsp3) is 0.500. The van der Waals surface area contributed by atoms with Crippen LogP contribution in [0.1, 0.15) is 84.3 Å². The van der Waals surface area contributed by atoms with Crippen molar-refractivity contribution in [2.45, 2.75) is 75.9 Å². The maximum absolute atomic E-state index is 13.2. The van der Waals surface area contributed by atoms with Crippen molar-refractivity contribution < 1.29 is 23.1 Å². The highest BCUT2D eigenvalue weighted by atomic mass is 32.2. The summed E-state index contributed by atoms with van der Waals surface area (Å²) >= 11 is 0. The van der Waals surface area contributed by atoms with Crippen LogP contribution in [0.3, 0.4) is 0 Å². The van der Waals surface area contributed by atoms with E-state index in [0.717, 1.165) is 43.2 Å². The molecule has 1 saturated carbocycles. The number of likely N-dealkylation sites (tertiary alicyclic amines) is 1. The third-order valence-electron chi connectivity index (χ3n) is 7.59. The molecule has 2 N–H and O–H groups in total. The highest BCUT2D eigenvalue weighted by molar-refractivity contribution is 7.93. The number of nitrogens with zero attached hydrogens (tertiary/aromatic N) is 1. The molecule has 0 radical (unpaired) electrons. The van der Waals surface area contributed by atoms with Crippen LogP contribution in [-0.2, 0) is 21.2 Å². The van der Waals surface area contributed by atoms with Gasteiger partial charge in [-0.15, -0.1) is 0 Å².